The first kappa shape index (κ1) is 20.5. The van der Waals surface area contributed by atoms with Crippen LogP contribution in [0.25, 0.3) is 0 Å². The third-order valence-corrected chi connectivity index (χ3v) is 5.08. The van der Waals surface area contributed by atoms with Gasteiger partial charge in [-0.15, -0.1) is 24.0 Å². The maximum atomic E-state index is 12.2. The number of aliphatic imine (C=N–C) groups is 1. The van der Waals surface area contributed by atoms with Gasteiger partial charge in [-0.3, -0.25) is 9.20 Å². The molecule has 1 unspecified atom stereocenters. The SMILES string of the molecule is CN=C(NCCS(=O)c1ccccc1)NCc1ccc2c(c1)OCO2.I. The van der Waals surface area contributed by atoms with E-state index >= 15 is 0 Å². The first-order valence-corrected chi connectivity index (χ1v) is 9.34. The molecule has 1 atom stereocenters. The minimum absolute atomic E-state index is 0. The highest BCUT2D eigenvalue weighted by Crippen LogP contribution is 2.32. The van der Waals surface area contributed by atoms with Gasteiger partial charge in [-0.1, -0.05) is 24.3 Å². The van der Waals surface area contributed by atoms with Crippen LogP contribution in [0, 0.1) is 0 Å². The predicted octanol–water partition coefficient (Wildman–Crippen LogP) is 2.51. The summed E-state index contributed by atoms with van der Waals surface area (Å²) in [7, 11) is 0.694. The van der Waals surface area contributed by atoms with Crippen LogP contribution < -0.4 is 20.1 Å². The van der Waals surface area contributed by atoms with Crippen LogP contribution in [0.3, 0.4) is 0 Å². The standard InChI is InChI=1S/C18H21N3O3S.HI/c1-19-18(20-9-10-25(22)15-5-3-2-4-6-15)21-12-14-7-8-16-17(11-14)24-13-23-16;/h2-8,11H,9-10,12-13H2,1H3,(H2,19,20,21);1H. The fourth-order valence-corrected chi connectivity index (χ4v) is 3.39. The lowest BCUT2D eigenvalue weighted by atomic mass is 10.2. The van der Waals surface area contributed by atoms with Gasteiger partial charge in [-0.05, 0) is 29.8 Å². The van der Waals surface area contributed by atoms with Crippen molar-refractivity contribution >= 4 is 40.7 Å². The molecular formula is C18H22IN3O3S. The van der Waals surface area contributed by atoms with E-state index in [0.29, 0.717) is 24.8 Å². The van der Waals surface area contributed by atoms with Gasteiger partial charge in [0.15, 0.2) is 17.5 Å². The molecule has 0 saturated carbocycles. The molecule has 1 aliphatic rings. The first-order valence-electron chi connectivity index (χ1n) is 8.03. The molecule has 1 heterocycles. The van der Waals surface area contributed by atoms with E-state index in [1.54, 1.807) is 7.05 Å². The highest BCUT2D eigenvalue weighted by Gasteiger charge is 2.13. The molecule has 2 N–H and O–H groups in total. The molecule has 0 spiro atoms. The largest absolute Gasteiger partial charge is 0.454 e. The third kappa shape index (κ3) is 5.60. The summed E-state index contributed by atoms with van der Waals surface area (Å²) < 4.78 is 22.9. The molecule has 0 saturated heterocycles. The van der Waals surface area contributed by atoms with E-state index < -0.39 is 10.8 Å². The van der Waals surface area contributed by atoms with E-state index in [1.807, 2.05) is 48.5 Å². The second-order valence-electron chi connectivity index (χ2n) is 5.40. The summed E-state index contributed by atoms with van der Waals surface area (Å²) in [5.74, 6) is 2.73. The third-order valence-electron chi connectivity index (χ3n) is 3.71. The van der Waals surface area contributed by atoms with Gasteiger partial charge in [-0.25, -0.2) is 0 Å². The van der Waals surface area contributed by atoms with Crippen LogP contribution >= 0.6 is 24.0 Å². The fraction of sp³-hybridized carbons (Fsp3) is 0.278. The van der Waals surface area contributed by atoms with Gasteiger partial charge < -0.3 is 20.1 Å². The van der Waals surface area contributed by atoms with Crippen LogP contribution in [-0.4, -0.2) is 36.3 Å². The molecule has 26 heavy (non-hydrogen) atoms. The lowest BCUT2D eigenvalue weighted by molar-refractivity contribution is 0.174. The number of fused-ring (bicyclic) bond motifs is 1. The van der Waals surface area contributed by atoms with Crippen molar-refractivity contribution in [2.45, 2.75) is 11.4 Å². The second-order valence-corrected chi connectivity index (χ2v) is 6.97. The van der Waals surface area contributed by atoms with Crippen molar-refractivity contribution in [3.8, 4) is 11.5 Å². The van der Waals surface area contributed by atoms with Crippen LogP contribution in [0.15, 0.2) is 58.4 Å². The Bertz CT molecular complexity index is 772. The summed E-state index contributed by atoms with van der Waals surface area (Å²) >= 11 is 0. The van der Waals surface area contributed by atoms with E-state index in [1.165, 1.54) is 0 Å². The minimum atomic E-state index is -1.02. The zero-order valence-corrected chi connectivity index (χ0v) is 17.6. The predicted molar refractivity (Wildman–Crippen MR) is 114 cm³/mol. The van der Waals surface area contributed by atoms with Gasteiger partial charge in [-0.2, -0.15) is 0 Å². The Labute approximate surface area is 172 Å². The maximum Gasteiger partial charge on any atom is 0.231 e. The number of hydrogen-bond acceptors (Lipinski definition) is 4. The molecule has 3 rings (SSSR count). The number of nitrogens with zero attached hydrogens (tertiary/aromatic N) is 1. The molecule has 140 valence electrons. The van der Waals surface area contributed by atoms with E-state index in [-0.39, 0.29) is 30.8 Å². The van der Waals surface area contributed by atoms with Crippen LogP contribution in [0.2, 0.25) is 0 Å². The number of rotatable bonds is 6. The normalized spacial score (nSPS) is 13.7. The Morgan fingerprint density at radius 1 is 1.12 bits per heavy atom. The second kappa shape index (κ2) is 10.4. The van der Waals surface area contributed by atoms with E-state index in [2.05, 4.69) is 15.6 Å². The Hall–Kier alpha value is -1.81. The van der Waals surface area contributed by atoms with Crippen molar-refractivity contribution in [1.29, 1.82) is 0 Å². The number of nitrogens with one attached hydrogen (secondary N) is 2. The Morgan fingerprint density at radius 3 is 2.65 bits per heavy atom. The highest BCUT2D eigenvalue weighted by atomic mass is 127. The van der Waals surface area contributed by atoms with Gasteiger partial charge in [0.05, 0.1) is 10.8 Å². The molecule has 1 aliphatic heterocycles. The molecule has 0 radical (unpaired) electrons. The van der Waals surface area contributed by atoms with Gasteiger partial charge >= 0.3 is 0 Å². The summed E-state index contributed by atoms with van der Waals surface area (Å²) in [5.41, 5.74) is 1.07. The number of guanidine groups is 1. The van der Waals surface area contributed by atoms with Crippen LogP contribution in [0.1, 0.15) is 5.56 Å². The lowest BCUT2D eigenvalue weighted by Gasteiger charge is -2.12. The summed E-state index contributed by atoms with van der Waals surface area (Å²) in [4.78, 5) is 5.03. The maximum absolute atomic E-state index is 12.2. The van der Waals surface area contributed by atoms with E-state index in [0.717, 1.165) is 22.0 Å². The molecule has 0 aliphatic carbocycles. The minimum Gasteiger partial charge on any atom is -0.454 e. The quantitative estimate of drug-likeness (QED) is 0.372. The van der Waals surface area contributed by atoms with Gasteiger partial charge in [0.25, 0.3) is 0 Å². The zero-order chi connectivity index (χ0) is 17.5. The van der Waals surface area contributed by atoms with Crippen LogP contribution in [-0.2, 0) is 17.3 Å². The molecule has 0 bridgehead atoms. The molecule has 6 nitrogen and oxygen atoms in total. The van der Waals surface area contributed by atoms with Gasteiger partial charge in [0.1, 0.15) is 0 Å². The van der Waals surface area contributed by atoms with Crippen molar-refractivity contribution in [3.05, 3.63) is 54.1 Å². The summed E-state index contributed by atoms with van der Waals surface area (Å²) in [6, 6.07) is 15.3. The van der Waals surface area contributed by atoms with Crippen LogP contribution in [0.5, 0.6) is 11.5 Å². The van der Waals surface area contributed by atoms with E-state index in [9.17, 15) is 4.21 Å². The van der Waals surface area contributed by atoms with Crippen molar-refractivity contribution < 1.29 is 13.7 Å². The average Bonchev–Trinajstić information content (AvgIpc) is 3.12. The van der Waals surface area contributed by atoms with Crippen molar-refractivity contribution in [3.63, 3.8) is 0 Å². The summed E-state index contributed by atoms with van der Waals surface area (Å²) in [6.07, 6.45) is 0. The van der Waals surface area contributed by atoms with Gasteiger partial charge in [0, 0.05) is 30.8 Å². The van der Waals surface area contributed by atoms with Crippen molar-refractivity contribution in [2.75, 3.05) is 26.1 Å². The number of halogens is 1. The first-order chi connectivity index (χ1) is 12.3. The zero-order valence-electron chi connectivity index (χ0n) is 14.4. The van der Waals surface area contributed by atoms with Crippen molar-refractivity contribution in [1.82, 2.24) is 10.6 Å². The lowest BCUT2D eigenvalue weighted by Crippen LogP contribution is -2.38. The van der Waals surface area contributed by atoms with Crippen molar-refractivity contribution in [2.24, 2.45) is 4.99 Å². The average molecular weight is 487 g/mol. The smallest absolute Gasteiger partial charge is 0.231 e. The van der Waals surface area contributed by atoms with E-state index in [4.69, 9.17) is 9.47 Å². The molecular weight excluding hydrogens is 465 g/mol. The highest BCUT2D eigenvalue weighted by molar-refractivity contribution is 14.0. The number of ether oxygens (including phenoxy) is 2. The molecule has 0 aromatic heterocycles. The Balaban J connectivity index is 0.00000243. The number of hydrogen-bond donors (Lipinski definition) is 2. The molecule has 2 aromatic rings. The summed E-state index contributed by atoms with van der Waals surface area (Å²) in [5, 5.41) is 6.42. The molecule has 0 amide bonds. The van der Waals surface area contributed by atoms with Crippen LogP contribution in [0.4, 0.5) is 0 Å². The molecule has 2 aromatic carbocycles. The fourth-order valence-electron chi connectivity index (χ4n) is 2.41. The topological polar surface area (TPSA) is 72.0 Å². The van der Waals surface area contributed by atoms with Gasteiger partial charge in [0.2, 0.25) is 6.79 Å². The monoisotopic (exact) mass is 487 g/mol. The molecule has 8 heteroatoms. The Kier molecular flexibility index (Phi) is 8.17. The summed E-state index contributed by atoms with van der Waals surface area (Å²) in [6.45, 7) is 1.45. The molecule has 0 fully saturated rings. The Morgan fingerprint density at radius 2 is 1.88 bits per heavy atom. The number of benzene rings is 2.